The van der Waals surface area contributed by atoms with Crippen LogP contribution in [0.15, 0.2) is 50.8 Å². The average molecular weight is 432 g/mol. The van der Waals surface area contributed by atoms with E-state index in [-0.39, 0.29) is 12.5 Å². The number of hydrogen-bond acceptors (Lipinski definition) is 5. The highest BCUT2D eigenvalue weighted by atomic mass is 32.2. The Morgan fingerprint density at radius 2 is 1.93 bits per heavy atom. The first-order valence-electron chi connectivity index (χ1n) is 10.4. The Bertz CT molecular complexity index is 788. The Balaban J connectivity index is 1.90. The first kappa shape index (κ1) is 23.8. The lowest BCUT2D eigenvalue weighted by atomic mass is 9.99. The lowest BCUT2D eigenvalue weighted by Gasteiger charge is -2.13. The molecule has 0 saturated heterocycles. The van der Waals surface area contributed by atoms with Gasteiger partial charge in [0.2, 0.25) is 5.91 Å². The second-order valence-corrected chi connectivity index (χ2v) is 8.29. The van der Waals surface area contributed by atoms with Gasteiger partial charge in [0.25, 0.3) is 0 Å². The lowest BCUT2D eigenvalue weighted by molar-refractivity contribution is -0.127. The Morgan fingerprint density at radius 3 is 2.60 bits per heavy atom. The van der Waals surface area contributed by atoms with E-state index in [0.29, 0.717) is 18.4 Å². The van der Waals surface area contributed by atoms with Crippen LogP contribution >= 0.6 is 11.8 Å². The summed E-state index contributed by atoms with van der Waals surface area (Å²) in [4.78, 5) is 19.1. The van der Waals surface area contributed by atoms with E-state index in [4.69, 9.17) is 4.52 Å². The minimum absolute atomic E-state index is 0.0505. The molecule has 0 aliphatic heterocycles. The summed E-state index contributed by atoms with van der Waals surface area (Å²) in [5.41, 5.74) is 0.991. The Kier molecular flexibility index (Phi) is 10.3. The molecule has 0 unspecified atom stereocenters. The quantitative estimate of drug-likeness (QED) is 0.245. The SMILES string of the molecule is CCC(CC)c1cc(CNC(=NCC(=O)N(C)C)NCCSc2ccccc2)on1. The van der Waals surface area contributed by atoms with Gasteiger partial charge in [-0.25, -0.2) is 4.99 Å². The van der Waals surface area contributed by atoms with Crippen LogP contribution in [0.4, 0.5) is 0 Å². The van der Waals surface area contributed by atoms with E-state index in [0.717, 1.165) is 36.6 Å². The number of aromatic nitrogens is 1. The van der Waals surface area contributed by atoms with Crippen molar-refractivity contribution in [3.8, 4) is 0 Å². The van der Waals surface area contributed by atoms with Crippen molar-refractivity contribution in [1.82, 2.24) is 20.7 Å². The highest BCUT2D eigenvalue weighted by Crippen LogP contribution is 2.22. The predicted molar refractivity (Wildman–Crippen MR) is 123 cm³/mol. The fraction of sp³-hybridized carbons (Fsp3) is 0.500. The molecule has 8 heteroatoms. The molecule has 1 aromatic heterocycles. The van der Waals surface area contributed by atoms with Gasteiger partial charge in [-0.05, 0) is 25.0 Å². The number of nitrogens with zero attached hydrogens (tertiary/aromatic N) is 3. The number of carbonyl (C=O) groups excluding carboxylic acids is 1. The van der Waals surface area contributed by atoms with Crippen LogP contribution in [-0.2, 0) is 11.3 Å². The molecule has 2 aromatic rings. The third kappa shape index (κ3) is 8.10. The van der Waals surface area contributed by atoms with Crippen LogP contribution in [0, 0.1) is 0 Å². The van der Waals surface area contributed by atoms with E-state index in [2.05, 4.69) is 46.8 Å². The molecule has 0 radical (unpaired) electrons. The van der Waals surface area contributed by atoms with E-state index in [1.54, 1.807) is 25.9 Å². The van der Waals surface area contributed by atoms with Crippen molar-refractivity contribution in [3.05, 3.63) is 47.9 Å². The number of amides is 1. The lowest BCUT2D eigenvalue weighted by Crippen LogP contribution is -2.39. The molecule has 0 bridgehead atoms. The van der Waals surface area contributed by atoms with Gasteiger partial charge < -0.3 is 20.1 Å². The van der Waals surface area contributed by atoms with Gasteiger partial charge in [0.15, 0.2) is 11.7 Å². The Labute approximate surface area is 183 Å². The number of likely N-dealkylation sites (N-methyl/N-ethyl adjacent to an activating group) is 1. The maximum atomic E-state index is 11.9. The van der Waals surface area contributed by atoms with Crippen LogP contribution in [0.3, 0.4) is 0 Å². The fourth-order valence-corrected chi connectivity index (χ4v) is 3.59. The zero-order chi connectivity index (χ0) is 21.8. The van der Waals surface area contributed by atoms with Gasteiger partial charge in [0, 0.05) is 43.3 Å². The molecule has 0 aliphatic rings. The topological polar surface area (TPSA) is 82.8 Å². The average Bonchev–Trinajstić information content (AvgIpc) is 3.22. The maximum Gasteiger partial charge on any atom is 0.243 e. The van der Waals surface area contributed by atoms with E-state index >= 15 is 0 Å². The largest absolute Gasteiger partial charge is 0.359 e. The van der Waals surface area contributed by atoms with Crippen molar-refractivity contribution in [2.75, 3.05) is 32.9 Å². The van der Waals surface area contributed by atoms with Crippen LogP contribution in [0.2, 0.25) is 0 Å². The van der Waals surface area contributed by atoms with Crippen molar-refractivity contribution < 1.29 is 9.32 Å². The number of hydrogen-bond donors (Lipinski definition) is 2. The number of nitrogens with one attached hydrogen (secondary N) is 2. The van der Waals surface area contributed by atoms with Crippen molar-refractivity contribution >= 4 is 23.6 Å². The number of rotatable bonds is 11. The standard InChI is InChI=1S/C22H33N5O2S/c1-5-17(6-2)20-14-18(29-26-20)15-24-22(25-16-21(28)27(3)4)23-12-13-30-19-10-8-7-9-11-19/h7-11,14,17H,5-6,12-13,15-16H2,1-4H3,(H2,23,24,25). The van der Waals surface area contributed by atoms with Crippen LogP contribution in [0.25, 0.3) is 0 Å². The van der Waals surface area contributed by atoms with Gasteiger partial charge in [-0.1, -0.05) is 37.2 Å². The molecule has 30 heavy (non-hydrogen) atoms. The van der Waals surface area contributed by atoms with E-state index in [1.165, 1.54) is 9.80 Å². The fourth-order valence-electron chi connectivity index (χ4n) is 2.80. The third-order valence-electron chi connectivity index (χ3n) is 4.69. The van der Waals surface area contributed by atoms with Crippen molar-refractivity contribution in [2.45, 2.75) is 44.0 Å². The van der Waals surface area contributed by atoms with Gasteiger partial charge >= 0.3 is 0 Å². The molecular formula is C22H33N5O2S. The number of carbonyl (C=O) groups is 1. The molecule has 1 heterocycles. The van der Waals surface area contributed by atoms with Gasteiger partial charge in [0.1, 0.15) is 6.54 Å². The van der Waals surface area contributed by atoms with Gasteiger partial charge in [-0.15, -0.1) is 11.8 Å². The van der Waals surface area contributed by atoms with Crippen molar-refractivity contribution in [2.24, 2.45) is 4.99 Å². The number of benzene rings is 1. The number of thioether (sulfide) groups is 1. The summed E-state index contributed by atoms with van der Waals surface area (Å²) in [6.45, 7) is 5.58. The molecule has 0 saturated carbocycles. The van der Waals surface area contributed by atoms with Crippen LogP contribution in [0.5, 0.6) is 0 Å². The summed E-state index contributed by atoms with van der Waals surface area (Å²) >= 11 is 1.77. The van der Waals surface area contributed by atoms with E-state index < -0.39 is 0 Å². The van der Waals surface area contributed by atoms with Gasteiger partial charge in [-0.2, -0.15) is 0 Å². The Morgan fingerprint density at radius 1 is 1.20 bits per heavy atom. The maximum absolute atomic E-state index is 11.9. The molecule has 164 valence electrons. The van der Waals surface area contributed by atoms with Crippen molar-refractivity contribution in [3.63, 3.8) is 0 Å². The molecule has 2 N–H and O–H groups in total. The molecular weight excluding hydrogens is 398 g/mol. The second-order valence-electron chi connectivity index (χ2n) is 7.13. The summed E-state index contributed by atoms with van der Waals surface area (Å²) < 4.78 is 5.47. The molecule has 0 fully saturated rings. The van der Waals surface area contributed by atoms with Crippen LogP contribution in [-0.4, -0.2) is 54.9 Å². The molecule has 1 aromatic carbocycles. The normalized spacial score (nSPS) is 11.6. The first-order valence-corrected chi connectivity index (χ1v) is 11.4. The highest BCUT2D eigenvalue weighted by molar-refractivity contribution is 7.99. The van der Waals surface area contributed by atoms with E-state index in [1.807, 2.05) is 24.3 Å². The van der Waals surface area contributed by atoms with E-state index in [9.17, 15) is 4.79 Å². The summed E-state index contributed by atoms with van der Waals surface area (Å²) in [6, 6.07) is 12.3. The molecule has 0 aliphatic carbocycles. The number of guanidine groups is 1. The monoisotopic (exact) mass is 431 g/mol. The second kappa shape index (κ2) is 13.0. The summed E-state index contributed by atoms with van der Waals surface area (Å²) in [5.74, 6) is 2.59. The smallest absolute Gasteiger partial charge is 0.243 e. The molecule has 0 atom stereocenters. The first-order chi connectivity index (χ1) is 14.5. The Hall–Kier alpha value is -2.48. The van der Waals surface area contributed by atoms with Gasteiger partial charge in [0.05, 0.1) is 12.2 Å². The van der Waals surface area contributed by atoms with Gasteiger partial charge in [-0.3, -0.25) is 4.79 Å². The van der Waals surface area contributed by atoms with Crippen LogP contribution in [0.1, 0.15) is 44.1 Å². The molecule has 0 spiro atoms. The summed E-state index contributed by atoms with van der Waals surface area (Å²) in [5, 5.41) is 10.7. The predicted octanol–water partition coefficient (Wildman–Crippen LogP) is 3.49. The van der Waals surface area contributed by atoms with Crippen LogP contribution < -0.4 is 10.6 Å². The minimum Gasteiger partial charge on any atom is -0.359 e. The summed E-state index contributed by atoms with van der Waals surface area (Å²) in [6.07, 6.45) is 2.08. The minimum atomic E-state index is -0.0505. The third-order valence-corrected chi connectivity index (χ3v) is 5.70. The summed E-state index contributed by atoms with van der Waals surface area (Å²) in [7, 11) is 3.45. The molecule has 7 nitrogen and oxygen atoms in total. The molecule has 1 amide bonds. The zero-order valence-corrected chi connectivity index (χ0v) is 19.2. The number of aliphatic imine (C=N–C) groups is 1. The van der Waals surface area contributed by atoms with Crippen molar-refractivity contribution in [1.29, 1.82) is 0 Å². The molecule has 2 rings (SSSR count). The zero-order valence-electron chi connectivity index (χ0n) is 18.4. The highest BCUT2D eigenvalue weighted by Gasteiger charge is 2.13.